The van der Waals surface area contributed by atoms with Crippen molar-refractivity contribution in [2.24, 2.45) is 0 Å². The number of hydrogen-bond acceptors (Lipinski definition) is 3. The molecule has 0 amide bonds. The lowest BCUT2D eigenvalue weighted by Crippen LogP contribution is -2.09. The molecule has 0 spiro atoms. The highest BCUT2D eigenvalue weighted by molar-refractivity contribution is 9.10. The van der Waals surface area contributed by atoms with Gasteiger partial charge in [0.15, 0.2) is 0 Å². The molecule has 0 radical (unpaired) electrons. The lowest BCUT2D eigenvalue weighted by Gasteiger charge is -2.09. The van der Waals surface area contributed by atoms with Gasteiger partial charge in [-0.2, -0.15) is 5.26 Å². The molecule has 0 bridgehead atoms. The molecule has 1 aromatic carbocycles. The van der Waals surface area contributed by atoms with Crippen molar-refractivity contribution in [2.75, 3.05) is 6.61 Å². The average molecular weight is 282 g/mol. The van der Waals surface area contributed by atoms with E-state index in [1.807, 2.05) is 6.92 Å². The largest absolute Gasteiger partial charge is 0.462 e. The summed E-state index contributed by atoms with van der Waals surface area (Å²) in [6, 6.07) is 5.41. The topological polar surface area (TPSA) is 50.1 Å². The van der Waals surface area contributed by atoms with Gasteiger partial charge in [-0.05, 0) is 47.0 Å². The van der Waals surface area contributed by atoms with Crippen molar-refractivity contribution in [3.05, 3.63) is 33.3 Å². The maximum Gasteiger partial charge on any atom is 0.339 e. The number of rotatable bonds is 3. The monoisotopic (exact) mass is 281 g/mol. The quantitative estimate of drug-likeness (QED) is 0.800. The van der Waals surface area contributed by atoms with Crippen LogP contribution < -0.4 is 0 Å². The van der Waals surface area contributed by atoms with Crippen molar-refractivity contribution in [1.82, 2.24) is 0 Å². The summed E-state index contributed by atoms with van der Waals surface area (Å²) in [4.78, 5) is 11.7. The molecule has 0 aromatic heterocycles. The molecule has 0 heterocycles. The number of ether oxygens (including phenoxy) is 1. The van der Waals surface area contributed by atoms with Crippen molar-refractivity contribution >= 4 is 21.9 Å². The van der Waals surface area contributed by atoms with Gasteiger partial charge in [-0.1, -0.05) is 6.92 Å². The number of carbonyl (C=O) groups is 1. The standard InChI is InChI=1S/C12H12BrNO2/c1-3-9-5-8(7-14)6-10(13)11(9)12(15)16-4-2/h5-6H,3-4H2,1-2H3. The number of hydrogen-bond donors (Lipinski definition) is 0. The molecule has 0 fully saturated rings. The summed E-state index contributed by atoms with van der Waals surface area (Å²) in [5, 5.41) is 8.83. The molecule has 1 aromatic rings. The van der Waals surface area contributed by atoms with Crippen LogP contribution in [0.2, 0.25) is 0 Å². The fourth-order valence-corrected chi connectivity index (χ4v) is 2.10. The molecule has 1 rings (SSSR count). The number of halogens is 1. The van der Waals surface area contributed by atoms with E-state index in [-0.39, 0.29) is 5.97 Å². The number of carbonyl (C=O) groups excluding carboxylic acids is 1. The fourth-order valence-electron chi connectivity index (χ4n) is 1.44. The molecule has 0 unspecified atom stereocenters. The van der Waals surface area contributed by atoms with E-state index in [1.165, 1.54) is 0 Å². The average Bonchev–Trinajstić information content (AvgIpc) is 2.27. The van der Waals surface area contributed by atoms with Gasteiger partial charge < -0.3 is 4.74 Å². The van der Waals surface area contributed by atoms with Crippen LogP contribution in [-0.4, -0.2) is 12.6 Å². The van der Waals surface area contributed by atoms with Crippen LogP contribution in [0.5, 0.6) is 0 Å². The molecular weight excluding hydrogens is 270 g/mol. The van der Waals surface area contributed by atoms with Gasteiger partial charge in [0, 0.05) is 4.47 Å². The molecule has 84 valence electrons. The van der Waals surface area contributed by atoms with Gasteiger partial charge in [-0.3, -0.25) is 0 Å². The molecule has 16 heavy (non-hydrogen) atoms. The highest BCUT2D eigenvalue weighted by Gasteiger charge is 2.16. The zero-order valence-corrected chi connectivity index (χ0v) is 10.8. The smallest absolute Gasteiger partial charge is 0.339 e. The van der Waals surface area contributed by atoms with Crippen LogP contribution in [0.1, 0.15) is 35.3 Å². The zero-order chi connectivity index (χ0) is 12.1. The van der Waals surface area contributed by atoms with Crippen molar-refractivity contribution in [2.45, 2.75) is 20.3 Å². The van der Waals surface area contributed by atoms with Gasteiger partial charge in [-0.15, -0.1) is 0 Å². The van der Waals surface area contributed by atoms with Gasteiger partial charge >= 0.3 is 5.97 Å². The highest BCUT2D eigenvalue weighted by atomic mass is 79.9. The van der Waals surface area contributed by atoms with Crippen LogP contribution in [0.3, 0.4) is 0 Å². The Morgan fingerprint density at radius 2 is 2.19 bits per heavy atom. The Kier molecular flexibility index (Phi) is 4.51. The third-order valence-electron chi connectivity index (χ3n) is 2.16. The molecule has 0 aliphatic rings. The fraction of sp³-hybridized carbons (Fsp3) is 0.333. The third kappa shape index (κ3) is 2.61. The maximum atomic E-state index is 11.7. The summed E-state index contributed by atoms with van der Waals surface area (Å²) in [6.07, 6.45) is 0.683. The third-order valence-corrected chi connectivity index (χ3v) is 2.79. The van der Waals surface area contributed by atoms with E-state index in [9.17, 15) is 4.79 Å². The summed E-state index contributed by atoms with van der Waals surface area (Å²) in [7, 11) is 0. The first-order valence-corrected chi connectivity index (χ1v) is 5.82. The molecular formula is C12H12BrNO2. The van der Waals surface area contributed by atoms with Crippen LogP contribution in [0.4, 0.5) is 0 Å². The second kappa shape index (κ2) is 5.66. The normalized spacial score (nSPS) is 9.62. The van der Waals surface area contributed by atoms with E-state index in [0.29, 0.717) is 28.6 Å². The lowest BCUT2D eigenvalue weighted by molar-refractivity contribution is 0.0524. The van der Waals surface area contributed by atoms with Crippen LogP contribution in [-0.2, 0) is 11.2 Å². The Balaban J connectivity index is 3.28. The van der Waals surface area contributed by atoms with Gasteiger partial charge in [0.25, 0.3) is 0 Å². The van der Waals surface area contributed by atoms with Gasteiger partial charge in [0.2, 0.25) is 0 Å². The zero-order valence-electron chi connectivity index (χ0n) is 9.21. The predicted octanol–water partition coefficient (Wildman–Crippen LogP) is 3.06. The van der Waals surface area contributed by atoms with Gasteiger partial charge in [0.05, 0.1) is 23.8 Å². The minimum absolute atomic E-state index is 0.342. The summed E-state index contributed by atoms with van der Waals surface area (Å²) >= 11 is 3.30. The van der Waals surface area contributed by atoms with E-state index in [1.54, 1.807) is 19.1 Å². The molecule has 0 aliphatic heterocycles. The Hall–Kier alpha value is -1.34. The van der Waals surface area contributed by atoms with E-state index >= 15 is 0 Å². The maximum absolute atomic E-state index is 11.7. The number of nitriles is 1. The van der Waals surface area contributed by atoms with Crippen molar-refractivity contribution < 1.29 is 9.53 Å². The summed E-state index contributed by atoms with van der Waals surface area (Å²) < 4.78 is 5.59. The first kappa shape index (κ1) is 12.7. The first-order valence-electron chi connectivity index (χ1n) is 5.03. The Labute approximate surface area is 103 Å². The summed E-state index contributed by atoms with van der Waals surface area (Å²) in [5.74, 6) is -0.351. The van der Waals surface area contributed by atoms with Crippen molar-refractivity contribution in [1.29, 1.82) is 5.26 Å². The van der Waals surface area contributed by atoms with E-state index in [4.69, 9.17) is 10.00 Å². The number of benzene rings is 1. The van der Waals surface area contributed by atoms with E-state index in [2.05, 4.69) is 22.0 Å². The lowest BCUT2D eigenvalue weighted by atomic mass is 10.0. The molecule has 0 aliphatic carbocycles. The van der Waals surface area contributed by atoms with Crippen LogP contribution >= 0.6 is 15.9 Å². The van der Waals surface area contributed by atoms with E-state index < -0.39 is 0 Å². The van der Waals surface area contributed by atoms with Gasteiger partial charge in [0.1, 0.15) is 0 Å². The first-order chi connectivity index (χ1) is 7.63. The Morgan fingerprint density at radius 1 is 1.50 bits per heavy atom. The second-order valence-electron chi connectivity index (χ2n) is 3.18. The van der Waals surface area contributed by atoms with Crippen molar-refractivity contribution in [3.63, 3.8) is 0 Å². The Bertz CT molecular complexity index is 449. The van der Waals surface area contributed by atoms with Crippen LogP contribution in [0.15, 0.2) is 16.6 Å². The number of esters is 1. The van der Waals surface area contributed by atoms with Crippen LogP contribution in [0.25, 0.3) is 0 Å². The number of aryl methyl sites for hydroxylation is 1. The minimum Gasteiger partial charge on any atom is -0.462 e. The molecule has 3 nitrogen and oxygen atoms in total. The number of nitrogens with zero attached hydrogens (tertiary/aromatic N) is 1. The second-order valence-corrected chi connectivity index (χ2v) is 4.03. The molecule has 4 heteroatoms. The minimum atomic E-state index is -0.351. The van der Waals surface area contributed by atoms with Gasteiger partial charge in [-0.25, -0.2) is 4.79 Å². The molecule has 0 saturated carbocycles. The Morgan fingerprint density at radius 3 is 2.69 bits per heavy atom. The SMILES string of the molecule is CCOC(=O)c1c(Br)cc(C#N)cc1CC. The molecule has 0 saturated heterocycles. The summed E-state index contributed by atoms with van der Waals surface area (Å²) in [5.41, 5.74) is 1.88. The predicted molar refractivity (Wildman–Crippen MR) is 64.2 cm³/mol. The molecule has 0 atom stereocenters. The van der Waals surface area contributed by atoms with Crippen molar-refractivity contribution in [3.8, 4) is 6.07 Å². The van der Waals surface area contributed by atoms with E-state index in [0.717, 1.165) is 5.56 Å². The molecule has 0 N–H and O–H groups in total. The summed E-state index contributed by atoms with van der Waals surface area (Å²) in [6.45, 7) is 4.04. The highest BCUT2D eigenvalue weighted by Crippen LogP contribution is 2.24. The van der Waals surface area contributed by atoms with Crippen LogP contribution in [0, 0.1) is 11.3 Å².